The van der Waals surface area contributed by atoms with Crippen LogP contribution in [0.2, 0.25) is 0 Å². The summed E-state index contributed by atoms with van der Waals surface area (Å²) in [6.45, 7) is 7.93. The van der Waals surface area contributed by atoms with Crippen LogP contribution in [0.5, 0.6) is 0 Å². The molecule has 0 bridgehead atoms. The van der Waals surface area contributed by atoms with Crippen LogP contribution in [-0.4, -0.2) is 43.6 Å². The van der Waals surface area contributed by atoms with E-state index < -0.39 is 0 Å². The van der Waals surface area contributed by atoms with E-state index in [1.54, 1.807) is 0 Å². The second-order valence-electron chi connectivity index (χ2n) is 6.22. The first kappa shape index (κ1) is 18.3. The second kappa shape index (κ2) is 12.9. The first-order chi connectivity index (χ1) is 10.3. The molecule has 0 aliphatic carbocycles. The Morgan fingerprint density at radius 2 is 1.71 bits per heavy atom. The molecule has 1 aliphatic rings. The highest BCUT2D eigenvalue weighted by Gasteiger charge is 2.09. The van der Waals surface area contributed by atoms with Gasteiger partial charge in [0.1, 0.15) is 0 Å². The molecule has 1 heterocycles. The molecule has 0 atom stereocenters. The third kappa shape index (κ3) is 10.6. The Kier molecular flexibility index (Phi) is 11.3. The molecule has 21 heavy (non-hydrogen) atoms. The monoisotopic (exact) mass is 296 g/mol. The molecule has 1 rings (SSSR count). The fourth-order valence-electron chi connectivity index (χ4n) is 2.83. The molecule has 0 spiro atoms. The van der Waals surface area contributed by atoms with E-state index in [1.165, 1.54) is 83.8 Å². The number of likely N-dealkylation sites (tertiary alicyclic amines) is 1. The standard InChI is InChI=1S/C17H36N4/c1-2-3-4-5-6-7-12-19-17(18)20-13-8-9-14-21-15-10-11-16-21/h2-16H2,1H3,(H3,18,19,20). The lowest BCUT2D eigenvalue weighted by Gasteiger charge is -2.14. The Balaban J connectivity index is 1.85. The minimum absolute atomic E-state index is 0.629. The Hall–Kier alpha value is -0.770. The molecule has 3 N–H and O–H groups in total. The number of nitrogens with zero attached hydrogens (tertiary/aromatic N) is 2. The lowest BCUT2D eigenvalue weighted by atomic mass is 10.1. The van der Waals surface area contributed by atoms with Crippen LogP contribution in [0.4, 0.5) is 0 Å². The van der Waals surface area contributed by atoms with Crippen molar-refractivity contribution in [3.63, 3.8) is 0 Å². The van der Waals surface area contributed by atoms with E-state index >= 15 is 0 Å². The fraction of sp³-hybridized carbons (Fsp3) is 0.941. The maximum Gasteiger partial charge on any atom is 0.188 e. The third-order valence-corrected chi connectivity index (χ3v) is 4.20. The van der Waals surface area contributed by atoms with Gasteiger partial charge in [-0.15, -0.1) is 0 Å². The Morgan fingerprint density at radius 3 is 2.48 bits per heavy atom. The second-order valence-corrected chi connectivity index (χ2v) is 6.22. The van der Waals surface area contributed by atoms with E-state index in [1.807, 2.05) is 0 Å². The van der Waals surface area contributed by atoms with Crippen molar-refractivity contribution in [1.29, 1.82) is 0 Å². The van der Waals surface area contributed by atoms with Gasteiger partial charge in [0.15, 0.2) is 5.96 Å². The van der Waals surface area contributed by atoms with Crippen molar-refractivity contribution in [3.8, 4) is 0 Å². The maximum absolute atomic E-state index is 5.87. The van der Waals surface area contributed by atoms with Gasteiger partial charge in [-0.1, -0.05) is 39.0 Å². The molecule has 0 aromatic carbocycles. The molecule has 0 amide bonds. The average molecular weight is 297 g/mol. The van der Waals surface area contributed by atoms with E-state index in [9.17, 15) is 0 Å². The maximum atomic E-state index is 5.87. The van der Waals surface area contributed by atoms with Gasteiger partial charge in [-0.2, -0.15) is 0 Å². The molecule has 0 aromatic rings. The van der Waals surface area contributed by atoms with Gasteiger partial charge in [0.25, 0.3) is 0 Å². The Morgan fingerprint density at radius 1 is 1.00 bits per heavy atom. The number of aliphatic imine (C=N–C) groups is 1. The van der Waals surface area contributed by atoms with Gasteiger partial charge < -0.3 is 16.0 Å². The van der Waals surface area contributed by atoms with Crippen LogP contribution in [0.3, 0.4) is 0 Å². The Bertz CT molecular complexity index is 260. The molecular weight excluding hydrogens is 260 g/mol. The quantitative estimate of drug-likeness (QED) is 0.330. The summed E-state index contributed by atoms with van der Waals surface area (Å²) in [5, 5.41) is 3.23. The summed E-state index contributed by atoms with van der Waals surface area (Å²) in [4.78, 5) is 6.96. The summed E-state index contributed by atoms with van der Waals surface area (Å²) in [5.41, 5.74) is 5.87. The van der Waals surface area contributed by atoms with Gasteiger partial charge in [-0.25, -0.2) is 0 Å². The molecule has 0 aromatic heterocycles. The number of hydrogen-bond acceptors (Lipinski definition) is 2. The van der Waals surface area contributed by atoms with Crippen LogP contribution in [0.1, 0.15) is 71.1 Å². The number of nitrogens with one attached hydrogen (secondary N) is 1. The van der Waals surface area contributed by atoms with Crippen LogP contribution in [0, 0.1) is 0 Å². The molecule has 4 heteroatoms. The van der Waals surface area contributed by atoms with Crippen molar-refractivity contribution in [2.24, 2.45) is 10.7 Å². The van der Waals surface area contributed by atoms with Crippen molar-refractivity contribution in [1.82, 2.24) is 10.2 Å². The zero-order chi connectivity index (χ0) is 15.2. The molecule has 1 saturated heterocycles. The van der Waals surface area contributed by atoms with Gasteiger partial charge in [0.2, 0.25) is 0 Å². The average Bonchev–Trinajstić information content (AvgIpc) is 2.99. The van der Waals surface area contributed by atoms with E-state index in [4.69, 9.17) is 5.73 Å². The van der Waals surface area contributed by atoms with E-state index in [0.29, 0.717) is 5.96 Å². The molecule has 0 unspecified atom stereocenters. The van der Waals surface area contributed by atoms with Crippen LogP contribution in [-0.2, 0) is 0 Å². The van der Waals surface area contributed by atoms with E-state index in [2.05, 4.69) is 22.1 Å². The molecule has 124 valence electrons. The van der Waals surface area contributed by atoms with Gasteiger partial charge in [0, 0.05) is 13.1 Å². The van der Waals surface area contributed by atoms with Crippen molar-refractivity contribution < 1.29 is 0 Å². The van der Waals surface area contributed by atoms with Crippen molar-refractivity contribution in [2.75, 3.05) is 32.7 Å². The highest BCUT2D eigenvalue weighted by molar-refractivity contribution is 5.77. The molecule has 0 radical (unpaired) electrons. The minimum Gasteiger partial charge on any atom is -0.370 e. The molecular formula is C17H36N4. The highest BCUT2D eigenvalue weighted by atomic mass is 15.1. The first-order valence-electron chi connectivity index (χ1n) is 9.09. The third-order valence-electron chi connectivity index (χ3n) is 4.20. The van der Waals surface area contributed by atoms with Crippen molar-refractivity contribution in [3.05, 3.63) is 0 Å². The number of unbranched alkanes of at least 4 members (excludes halogenated alkanes) is 6. The van der Waals surface area contributed by atoms with E-state index in [0.717, 1.165) is 13.1 Å². The summed E-state index contributed by atoms with van der Waals surface area (Å²) in [7, 11) is 0. The van der Waals surface area contributed by atoms with Crippen molar-refractivity contribution in [2.45, 2.75) is 71.1 Å². The summed E-state index contributed by atoms with van der Waals surface area (Å²) < 4.78 is 0. The SMILES string of the molecule is CCCCCCCCN=C(N)NCCCCN1CCCC1. The molecule has 0 saturated carbocycles. The van der Waals surface area contributed by atoms with Crippen LogP contribution < -0.4 is 11.1 Å². The lowest BCUT2D eigenvalue weighted by molar-refractivity contribution is 0.330. The highest BCUT2D eigenvalue weighted by Crippen LogP contribution is 2.08. The number of nitrogens with two attached hydrogens (primary N) is 1. The topological polar surface area (TPSA) is 53.6 Å². The van der Waals surface area contributed by atoms with Crippen LogP contribution >= 0.6 is 0 Å². The summed E-state index contributed by atoms with van der Waals surface area (Å²) in [6.07, 6.45) is 13.1. The molecule has 1 fully saturated rings. The zero-order valence-corrected chi connectivity index (χ0v) is 14.1. The van der Waals surface area contributed by atoms with Gasteiger partial charge in [0.05, 0.1) is 0 Å². The fourth-order valence-corrected chi connectivity index (χ4v) is 2.83. The van der Waals surface area contributed by atoms with Gasteiger partial charge in [-0.05, 0) is 51.7 Å². The predicted molar refractivity (Wildman–Crippen MR) is 92.8 cm³/mol. The summed E-state index contributed by atoms with van der Waals surface area (Å²) >= 11 is 0. The first-order valence-corrected chi connectivity index (χ1v) is 9.09. The van der Waals surface area contributed by atoms with Crippen LogP contribution in [0.15, 0.2) is 4.99 Å². The summed E-state index contributed by atoms with van der Waals surface area (Å²) in [6, 6.07) is 0. The Labute approximate surface area is 131 Å². The van der Waals surface area contributed by atoms with Crippen molar-refractivity contribution >= 4 is 5.96 Å². The minimum atomic E-state index is 0.629. The number of hydrogen-bond donors (Lipinski definition) is 2. The zero-order valence-electron chi connectivity index (χ0n) is 14.1. The van der Waals surface area contributed by atoms with Crippen LogP contribution in [0.25, 0.3) is 0 Å². The van der Waals surface area contributed by atoms with Gasteiger partial charge in [-0.3, -0.25) is 4.99 Å². The molecule has 1 aliphatic heterocycles. The number of guanidine groups is 1. The van der Waals surface area contributed by atoms with E-state index in [-0.39, 0.29) is 0 Å². The lowest BCUT2D eigenvalue weighted by Crippen LogP contribution is -2.33. The predicted octanol–water partition coefficient (Wildman–Crippen LogP) is 3.13. The normalized spacial score (nSPS) is 16.5. The molecule has 4 nitrogen and oxygen atoms in total. The smallest absolute Gasteiger partial charge is 0.188 e. The van der Waals surface area contributed by atoms with Gasteiger partial charge >= 0.3 is 0 Å². The number of rotatable bonds is 12. The summed E-state index contributed by atoms with van der Waals surface area (Å²) in [5.74, 6) is 0.629. The largest absolute Gasteiger partial charge is 0.370 e.